The van der Waals surface area contributed by atoms with Crippen LogP contribution in [-0.2, 0) is 28.6 Å². The molecule has 4 aliphatic rings. The number of alkyl halides is 1. The molecule has 1 spiro atoms. The van der Waals surface area contributed by atoms with Crippen molar-refractivity contribution in [1.29, 1.82) is 0 Å². The number of aliphatic hydroxyl groups is 1. The number of carbonyl (C=O) groups excluding carboxylic acids is 3. The van der Waals surface area contributed by atoms with Gasteiger partial charge in [-0.15, -0.1) is 6.58 Å². The summed E-state index contributed by atoms with van der Waals surface area (Å²) in [5.41, 5.74) is -1.08. The molecule has 208 valence electrons. The molecule has 0 aliphatic carbocycles. The number of aliphatic hydroxyl groups excluding tert-OH is 1. The number of carbonyl (C=O) groups is 3. The first kappa shape index (κ1) is 28.5. The molecule has 11 heteroatoms. The van der Waals surface area contributed by atoms with E-state index in [0.29, 0.717) is 58.7 Å². The van der Waals surface area contributed by atoms with Gasteiger partial charge in [0.1, 0.15) is 11.6 Å². The van der Waals surface area contributed by atoms with Gasteiger partial charge in [0.2, 0.25) is 11.8 Å². The fraction of sp³-hybridized carbons (Fsp3) is 0.808. The number of hydrogen-bond acceptors (Lipinski definition) is 8. The lowest BCUT2D eigenvalue weighted by atomic mass is 9.70. The summed E-state index contributed by atoms with van der Waals surface area (Å²) >= 11 is 3.68. The van der Waals surface area contributed by atoms with Crippen molar-refractivity contribution in [3.63, 3.8) is 0 Å². The van der Waals surface area contributed by atoms with E-state index in [1.165, 1.54) is 0 Å². The van der Waals surface area contributed by atoms with Gasteiger partial charge in [0, 0.05) is 50.7 Å². The van der Waals surface area contributed by atoms with Gasteiger partial charge in [0.05, 0.1) is 37.8 Å². The van der Waals surface area contributed by atoms with Gasteiger partial charge >= 0.3 is 5.97 Å². The average Bonchev–Trinajstić information content (AvgIpc) is 3.48. The van der Waals surface area contributed by atoms with Crippen molar-refractivity contribution in [2.75, 3.05) is 65.7 Å². The van der Waals surface area contributed by atoms with E-state index in [9.17, 15) is 19.5 Å². The van der Waals surface area contributed by atoms with Crippen molar-refractivity contribution in [2.45, 2.75) is 55.2 Å². The lowest BCUT2D eigenvalue weighted by Crippen LogP contribution is -2.57. The highest BCUT2D eigenvalue weighted by Crippen LogP contribution is 2.60. The molecule has 4 aliphatic heterocycles. The number of nitrogens with zero attached hydrogens (tertiary/aromatic N) is 3. The minimum Gasteiger partial charge on any atom is -0.466 e. The van der Waals surface area contributed by atoms with Crippen LogP contribution < -0.4 is 0 Å². The van der Waals surface area contributed by atoms with E-state index < -0.39 is 35.6 Å². The molecular weight excluding hydrogens is 546 g/mol. The minimum atomic E-state index is -1.08. The highest BCUT2D eigenvalue weighted by atomic mass is 79.9. The van der Waals surface area contributed by atoms with Crippen LogP contribution in [0.4, 0.5) is 0 Å². The normalized spacial score (nSPS) is 33.0. The van der Waals surface area contributed by atoms with Gasteiger partial charge in [0.15, 0.2) is 0 Å². The number of unbranched alkanes of at least 4 members (excludes halogenated alkanes) is 2. The van der Waals surface area contributed by atoms with Crippen LogP contribution in [0.25, 0.3) is 0 Å². The largest absolute Gasteiger partial charge is 0.466 e. The first-order valence-corrected chi connectivity index (χ1v) is 14.4. The third-order valence-electron chi connectivity index (χ3n) is 8.09. The van der Waals surface area contributed by atoms with Crippen LogP contribution in [0.2, 0.25) is 0 Å². The Labute approximate surface area is 227 Å². The maximum absolute atomic E-state index is 14.3. The Morgan fingerprint density at radius 2 is 2.03 bits per heavy atom. The Kier molecular flexibility index (Phi) is 9.66. The van der Waals surface area contributed by atoms with Crippen LogP contribution in [0.3, 0.4) is 0 Å². The standard InChI is InChI=1S/C26H40BrN3O7/c1-3-8-29(11-10-28-12-15-35-16-13-28)24(33)22-26-17-18(27)21(37-26)19(25(34)36-4-2)20(26)23(32)30(22)9-6-5-7-14-31/h3,18-22,31H,1,4-17H2,2H3/t18?,19-,20+,21-,22?,26?/m1/s1. The second kappa shape index (κ2) is 12.5. The number of rotatable bonds is 13. The summed E-state index contributed by atoms with van der Waals surface area (Å²) in [6.45, 7) is 10.8. The predicted octanol–water partition coefficient (Wildman–Crippen LogP) is 0.807. The molecule has 4 saturated heterocycles. The molecule has 3 unspecified atom stereocenters. The smallest absolute Gasteiger partial charge is 0.312 e. The number of morpholine rings is 1. The monoisotopic (exact) mass is 585 g/mol. The molecule has 37 heavy (non-hydrogen) atoms. The Hall–Kier alpha value is -1.53. The SMILES string of the molecule is C=CCN(CCN1CCOCC1)C(=O)C1N(CCCCCO)C(=O)[C@@H]2[C@@H](C(=O)OCC)[C@@H]3OC12CC3Br. The molecule has 1 N–H and O–H groups in total. The van der Waals surface area contributed by atoms with Crippen molar-refractivity contribution in [1.82, 2.24) is 14.7 Å². The molecule has 10 nitrogen and oxygen atoms in total. The predicted molar refractivity (Wildman–Crippen MR) is 139 cm³/mol. The maximum Gasteiger partial charge on any atom is 0.312 e. The number of halogens is 1. The van der Waals surface area contributed by atoms with Gasteiger partial charge in [-0.2, -0.15) is 0 Å². The van der Waals surface area contributed by atoms with E-state index in [1.54, 1.807) is 22.8 Å². The molecule has 0 aromatic heterocycles. The third kappa shape index (κ3) is 5.48. The number of esters is 1. The zero-order valence-corrected chi connectivity index (χ0v) is 23.3. The minimum absolute atomic E-state index is 0.0819. The summed E-state index contributed by atoms with van der Waals surface area (Å²) in [5.74, 6) is -2.32. The van der Waals surface area contributed by atoms with Gasteiger partial charge in [-0.05, 0) is 32.6 Å². The lowest BCUT2D eigenvalue weighted by Gasteiger charge is -2.38. The zero-order chi connectivity index (χ0) is 26.6. The Morgan fingerprint density at radius 3 is 2.70 bits per heavy atom. The highest BCUT2D eigenvalue weighted by molar-refractivity contribution is 9.09. The molecular formula is C26H40BrN3O7. The second-order valence-electron chi connectivity index (χ2n) is 10.3. The van der Waals surface area contributed by atoms with E-state index in [0.717, 1.165) is 19.5 Å². The fourth-order valence-corrected chi connectivity index (χ4v) is 7.38. The van der Waals surface area contributed by atoms with Gasteiger partial charge in [-0.25, -0.2) is 0 Å². The van der Waals surface area contributed by atoms with Gasteiger partial charge in [0.25, 0.3) is 0 Å². The fourth-order valence-electron chi connectivity index (χ4n) is 6.44. The molecule has 0 radical (unpaired) electrons. The number of hydrogen-bond donors (Lipinski definition) is 1. The van der Waals surface area contributed by atoms with E-state index in [2.05, 4.69) is 27.4 Å². The highest BCUT2D eigenvalue weighted by Gasteiger charge is 2.77. The number of amides is 2. The lowest BCUT2D eigenvalue weighted by molar-refractivity contribution is -0.154. The van der Waals surface area contributed by atoms with E-state index in [1.807, 2.05) is 0 Å². The summed E-state index contributed by atoms with van der Waals surface area (Å²) in [6.07, 6.45) is 3.68. The summed E-state index contributed by atoms with van der Waals surface area (Å²) in [5, 5.41) is 9.20. The average molecular weight is 587 g/mol. The van der Waals surface area contributed by atoms with Crippen LogP contribution in [0, 0.1) is 11.8 Å². The number of ether oxygens (including phenoxy) is 3. The van der Waals surface area contributed by atoms with Crippen molar-refractivity contribution in [3.05, 3.63) is 12.7 Å². The molecule has 2 amide bonds. The molecule has 0 saturated carbocycles. The molecule has 4 heterocycles. The molecule has 0 aromatic carbocycles. The van der Waals surface area contributed by atoms with Crippen LogP contribution in [0.1, 0.15) is 32.6 Å². The molecule has 4 rings (SSSR count). The van der Waals surface area contributed by atoms with Crippen molar-refractivity contribution in [3.8, 4) is 0 Å². The third-order valence-corrected chi connectivity index (χ3v) is 8.93. The number of fused-ring (bicyclic) bond motifs is 1. The van der Waals surface area contributed by atoms with Gasteiger partial charge in [-0.3, -0.25) is 19.3 Å². The second-order valence-corrected chi connectivity index (χ2v) is 11.4. The molecule has 4 fully saturated rings. The first-order valence-electron chi connectivity index (χ1n) is 13.5. The maximum atomic E-state index is 14.3. The number of likely N-dealkylation sites (tertiary alicyclic amines) is 1. The van der Waals surface area contributed by atoms with Gasteiger partial charge < -0.3 is 29.1 Å². The molecule has 2 bridgehead atoms. The van der Waals surface area contributed by atoms with Crippen molar-refractivity contribution < 1.29 is 33.7 Å². The summed E-state index contributed by atoms with van der Waals surface area (Å²) in [7, 11) is 0. The Balaban J connectivity index is 1.62. The van der Waals surface area contributed by atoms with Crippen LogP contribution in [-0.4, -0.2) is 126 Å². The summed E-state index contributed by atoms with van der Waals surface area (Å²) in [4.78, 5) is 46.7. The van der Waals surface area contributed by atoms with E-state index in [4.69, 9.17) is 14.2 Å². The van der Waals surface area contributed by atoms with Crippen molar-refractivity contribution >= 4 is 33.7 Å². The molecule has 6 atom stereocenters. The van der Waals surface area contributed by atoms with Gasteiger partial charge in [-0.1, -0.05) is 22.0 Å². The van der Waals surface area contributed by atoms with Crippen LogP contribution in [0.15, 0.2) is 12.7 Å². The van der Waals surface area contributed by atoms with Crippen LogP contribution >= 0.6 is 15.9 Å². The quantitative estimate of drug-likeness (QED) is 0.146. The van der Waals surface area contributed by atoms with E-state index >= 15 is 0 Å². The summed E-state index contributed by atoms with van der Waals surface area (Å²) in [6, 6.07) is -0.826. The molecule has 0 aromatic rings. The zero-order valence-electron chi connectivity index (χ0n) is 21.7. The summed E-state index contributed by atoms with van der Waals surface area (Å²) < 4.78 is 17.3. The van der Waals surface area contributed by atoms with Crippen LogP contribution in [0.5, 0.6) is 0 Å². The topological polar surface area (TPSA) is 109 Å². The Morgan fingerprint density at radius 1 is 1.27 bits per heavy atom. The Bertz CT molecular complexity index is 854. The van der Waals surface area contributed by atoms with E-state index in [-0.39, 0.29) is 29.9 Å². The first-order chi connectivity index (χ1) is 17.9. The van der Waals surface area contributed by atoms with Crippen molar-refractivity contribution in [2.24, 2.45) is 11.8 Å².